The molecule has 0 spiro atoms. The van der Waals surface area contributed by atoms with Crippen molar-refractivity contribution in [3.63, 3.8) is 0 Å². The van der Waals surface area contributed by atoms with Crippen molar-refractivity contribution in [3.05, 3.63) is 34.6 Å². The molecule has 3 aliphatic rings. The van der Waals surface area contributed by atoms with Crippen LogP contribution in [-0.4, -0.2) is 12.7 Å². The Hall–Kier alpha value is -0.890. The van der Waals surface area contributed by atoms with Gasteiger partial charge in [-0.05, 0) is 105 Å². The first kappa shape index (κ1) is 23.3. The molecule has 1 aromatic rings. The minimum absolute atomic E-state index is 0.172. The lowest BCUT2D eigenvalue weighted by Gasteiger charge is -2.42. The molecule has 0 aliphatic heterocycles. The van der Waals surface area contributed by atoms with E-state index in [9.17, 15) is 0 Å². The summed E-state index contributed by atoms with van der Waals surface area (Å²) in [4.78, 5) is 0. The number of unbranched alkanes of at least 4 members (excludes halogenated alkanes) is 3. The zero-order valence-corrected chi connectivity index (χ0v) is 20.1. The zero-order chi connectivity index (χ0) is 21.6. The first-order valence-electron chi connectivity index (χ1n) is 13.6. The van der Waals surface area contributed by atoms with Gasteiger partial charge in [0.25, 0.3) is 0 Å². The average Bonchev–Trinajstić information content (AvgIpc) is 2.80. The fourth-order valence-electron chi connectivity index (χ4n) is 6.89. The van der Waals surface area contributed by atoms with Gasteiger partial charge in [0.05, 0.1) is 6.10 Å². The number of hydrogen-bond acceptors (Lipinski definition) is 1. The first-order chi connectivity index (χ1) is 15.2. The molecule has 0 radical (unpaired) electrons. The molecule has 0 saturated heterocycles. The molecule has 2 saturated carbocycles. The molecule has 0 N–H and O–H groups in total. The number of rotatable bonds is 9. The SMILES string of the molecule is CCCCCCC1CCc2c(ccc(C3CCC4CC(OCCC)CCC4C3)c2F)C1. The Kier molecular flexibility index (Phi) is 8.49. The van der Waals surface area contributed by atoms with Crippen molar-refractivity contribution in [2.45, 2.75) is 122 Å². The molecular weight excluding hydrogens is 383 g/mol. The van der Waals surface area contributed by atoms with Gasteiger partial charge in [0.2, 0.25) is 0 Å². The molecule has 5 unspecified atom stereocenters. The van der Waals surface area contributed by atoms with Crippen LogP contribution in [0.1, 0.15) is 120 Å². The summed E-state index contributed by atoms with van der Waals surface area (Å²) in [6, 6.07) is 4.47. The molecule has 0 bridgehead atoms. The third-order valence-electron chi connectivity index (χ3n) is 8.71. The van der Waals surface area contributed by atoms with Crippen molar-refractivity contribution in [3.8, 4) is 0 Å². The lowest BCUT2D eigenvalue weighted by atomic mass is 9.65. The van der Waals surface area contributed by atoms with Crippen molar-refractivity contribution >= 4 is 0 Å². The number of fused-ring (bicyclic) bond motifs is 2. The fourth-order valence-corrected chi connectivity index (χ4v) is 6.89. The first-order valence-corrected chi connectivity index (χ1v) is 13.6. The minimum Gasteiger partial charge on any atom is -0.378 e. The highest BCUT2D eigenvalue weighted by molar-refractivity contribution is 5.38. The molecule has 0 aromatic heterocycles. The van der Waals surface area contributed by atoms with Gasteiger partial charge in [-0.15, -0.1) is 0 Å². The topological polar surface area (TPSA) is 9.23 Å². The molecule has 1 nitrogen and oxygen atoms in total. The predicted octanol–water partition coefficient (Wildman–Crippen LogP) is 8.38. The normalized spacial score (nSPS) is 30.6. The molecule has 31 heavy (non-hydrogen) atoms. The lowest BCUT2D eigenvalue weighted by Crippen LogP contribution is -2.34. The van der Waals surface area contributed by atoms with E-state index in [1.807, 2.05) is 0 Å². The van der Waals surface area contributed by atoms with Crippen LogP contribution in [0.2, 0.25) is 0 Å². The van der Waals surface area contributed by atoms with E-state index >= 15 is 4.39 Å². The van der Waals surface area contributed by atoms with E-state index in [-0.39, 0.29) is 5.82 Å². The van der Waals surface area contributed by atoms with Crippen LogP contribution in [0, 0.1) is 23.6 Å². The van der Waals surface area contributed by atoms with Gasteiger partial charge in [-0.2, -0.15) is 0 Å². The second kappa shape index (κ2) is 11.3. The van der Waals surface area contributed by atoms with Crippen LogP contribution >= 0.6 is 0 Å². The summed E-state index contributed by atoms with van der Waals surface area (Å²) in [6.45, 7) is 5.37. The molecule has 0 heterocycles. The van der Waals surface area contributed by atoms with Crippen LogP contribution in [0.3, 0.4) is 0 Å². The summed E-state index contributed by atoms with van der Waals surface area (Å²) in [5.41, 5.74) is 3.43. The molecule has 5 atom stereocenters. The summed E-state index contributed by atoms with van der Waals surface area (Å²) >= 11 is 0. The Morgan fingerprint density at radius 3 is 2.58 bits per heavy atom. The standard InChI is InChI=1S/C29H45FO/c1-3-5-6-7-8-21-9-15-27-24(18-21)13-16-28(29(27)30)25-11-10-23-20-26(31-17-4-2)14-12-22(23)19-25/h13,16,21-23,25-26H,3-12,14-15,17-20H2,1-2H3. The van der Waals surface area contributed by atoms with Crippen LogP contribution in [-0.2, 0) is 17.6 Å². The molecule has 174 valence electrons. The molecule has 4 rings (SSSR count). The maximum absolute atomic E-state index is 15.6. The van der Waals surface area contributed by atoms with Gasteiger partial charge in [-0.25, -0.2) is 4.39 Å². The van der Waals surface area contributed by atoms with Crippen molar-refractivity contribution < 1.29 is 9.13 Å². The second-order valence-corrected chi connectivity index (χ2v) is 10.9. The highest BCUT2D eigenvalue weighted by Crippen LogP contribution is 2.47. The van der Waals surface area contributed by atoms with Crippen LogP contribution in [0.5, 0.6) is 0 Å². The Labute approximate surface area is 190 Å². The molecule has 2 heteroatoms. The maximum Gasteiger partial charge on any atom is 0.130 e. The summed E-state index contributed by atoms with van der Waals surface area (Å²) in [6.07, 6.45) is 18.9. The van der Waals surface area contributed by atoms with Crippen LogP contribution in [0.25, 0.3) is 0 Å². The highest BCUT2D eigenvalue weighted by atomic mass is 19.1. The van der Waals surface area contributed by atoms with Gasteiger partial charge in [-0.3, -0.25) is 0 Å². The van der Waals surface area contributed by atoms with E-state index in [1.54, 1.807) is 0 Å². The van der Waals surface area contributed by atoms with Gasteiger partial charge in [0.15, 0.2) is 0 Å². The van der Waals surface area contributed by atoms with Crippen LogP contribution < -0.4 is 0 Å². The van der Waals surface area contributed by atoms with Crippen molar-refractivity contribution in [1.82, 2.24) is 0 Å². The Morgan fingerprint density at radius 2 is 1.74 bits per heavy atom. The molecular formula is C29H45FO. The van der Waals surface area contributed by atoms with Gasteiger partial charge < -0.3 is 4.74 Å². The summed E-state index contributed by atoms with van der Waals surface area (Å²) in [5.74, 6) is 2.97. The molecule has 2 fully saturated rings. The Morgan fingerprint density at radius 1 is 0.903 bits per heavy atom. The van der Waals surface area contributed by atoms with E-state index in [1.165, 1.54) is 76.2 Å². The lowest BCUT2D eigenvalue weighted by molar-refractivity contribution is -0.0148. The van der Waals surface area contributed by atoms with E-state index in [0.29, 0.717) is 12.0 Å². The molecule has 0 amide bonds. The number of hydrogen-bond donors (Lipinski definition) is 0. The van der Waals surface area contributed by atoms with E-state index < -0.39 is 0 Å². The van der Waals surface area contributed by atoms with Gasteiger partial charge in [0.1, 0.15) is 5.82 Å². The molecule has 1 aromatic carbocycles. The van der Waals surface area contributed by atoms with E-state index in [2.05, 4.69) is 26.0 Å². The highest BCUT2D eigenvalue weighted by Gasteiger charge is 2.37. The third-order valence-corrected chi connectivity index (χ3v) is 8.71. The molecule has 3 aliphatic carbocycles. The Balaban J connectivity index is 1.34. The summed E-state index contributed by atoms with van der Waals surface area (Å²) < 4.78 is 21.7. The van der Waals surface area contributed by atoms with Gasteiger partial charge >= 0.3 is 0 Å². The van der Waals surface area contributed by atoms with Gasteiger partial charge in [-0.1, -0.05) is 58.1 Å². The Bertz CT molecular complexity index is 698. The largest absolute Gasteiger partial charge is 0.378 e. The van der Waals surface area contributed by atoms with Crippen LogP contribution in [0.15, 0.2) is 12.1 Å². The second-order valence-electron chi connectivity index (χ2n) is 10.9. The van der Waals surface area contributed by atoms with Crippen LogP contribution in [0.4, 0.5) is 4.39 Å². The van der Waals surface area contributed by atoms with Crippen molar-refractivity contribution in [2.75, 3.05) is 6.61 Å². The maximum atomic E-state index is 15.6. The monoisotopic (exact) mass is 428 g/mol. The quantitative estimate of drug-likeness (QED) is 0.359. The van der Waals surface area contributed by atoms with Crippen molar-refractivity contribution in [2.24, 2.45) is 17.8 Å². The van der Waals surface area contributed by atoms with E-state index in [4.69, 9.17) is 4.74 Å². The smallest absolute Gasteiger partial charge is 0.130 e. The average molecular weight is 429 g/mol. The number of benzene rings is 1. The zero-order valence-electron chi connectivity index (χ0n) is 20.1. The van der Waals surface area contributed by atoms with Gasteiger partial charge in [0, 0.05) is 6.61 Å². The predicted molar refractivity (Wildman–Crippen MR) is 128 cm³/mol. The number of halogens is 1. The number of ether oxygens (including phenoxy) is 1. The summed E-state index contributed by atoms with van der Waals surface area (Å²) in [5, 5.41) is 0. The van der Waals surface area contributed by atoms with E-state index in [0.717, 1.165) is 61.2 Å². The summed E-state index contributed by atoms with van der Waals surface area (Å²) in [7, 11) is 0. The fraction of sp³-hybridized carbons (Fsp3) is 0.793. The van der Waals surface area contributed by atoms with Crippen molar-refractivity contribution in [1.29, 1.82) is 0 Å². The third kappa shape index (κ3) is 5.73. The minimum atomic E-state index is 0.172.